The first-order chi connectivity index (χ1) is 9.79. The molecule has 0 aliphatic rings. The number of nitrogens with zero attached hydrogens (tertiary/aromatic N) is 3. The Balaban J connectivity index is 2.17. The molecule has 0 aliphatic carbocycles. The summed E-state index contributed by atoms with van der Waals surface area (Å²) in [6.07, 6.45) is 0. The lowest BCUT2D eigenvalue weighted by atomic mass is 10.0. The first-order valence-electron chi connectivity index (χ1n) is 6.15. The zero-order valence-corrected chi connectivity index (χ0v) is 12.2. The summed E-state index contributed by atoms with van der Waals surface area (Å²) in [5.74, 6) is 0. The molecule has 1 N–H and O–H groups in total. The van der Waals surface area contributed by atoms with Crippen LogP contribution in [0.5, 0.6) is 0 Å². The molecular formula is C15H12BrN3O. The van der Waals surface area contributed by atoms with Crippen molar-refractivity contribution in [3.8, 4) is 22.5 Å². The third-order valence-electron chi connectivity index (χ3n) is 3.03. The smallest absolute Gasteiger partial charge is 0.138 e. The lowest BCUT2D eigenvalue weighted by molar-refractivity contribution is 0.194. The molecular weight excluding hydrogens is 318 g/mol. The molecule has 4 nitrogen and oxygen atoms in total. The molecule has 2 aromatic carbocycles. The summed E-state index contributed by atoms with van der Waals surface area (Å²) in [4.78, 5) is 0. The molecule has 0 atom stereocenters. The number of aliphatic hydroxyl groups is 1. The van der Waals surface area contributed by atoms with Crippen LogP contribution in [-0.2, 0) is 6.73 Å². The van der Waals surface area contributed by atoms with E-state index >= 15 is 0 Å². The van der Waals surface area contributed by atoms with E-state index in [9.17, 15) is 5.11 Å². The zero-order valence-electron chi connectivity index (χ0n) is 10.6. The van der Waals surface area contributed by atoms with Gasteiger partial charge in [0.2, 0.25) is 0 Å². The summed E-state index contributed by atoms with van der Waals surface area (Å²) in [5.41, 5.74) is 3.52. The highest BCUT2D eigenvalue weighted by Crippen LogP contribution is 2.30. The monoisotopic (exact) mass is 329 g/mol. The van der Waals surface area contributed by atoms with Crippen molar-refractivity contribution in [1.82, 2.24) is 15.0 Å². The van der Waals surface area contributed by atoms with E-state index in [1.165, 1.54) is 4.68 Å². The van der Waals surface area contributed by atoms with E-state index in [4.69, 9.17) is 0 Å². The SMILES string of the molecule is OCn1nnc(-c2ccc(Br)cc2)c1-c1ccccc1. The van der Waals surface area contributed by atoms with E-state index in [1.54, 1.807) is 0 Å². The van der Waals surface area contributed by atoms with Crippen molar-refractivity contribution in [3.63, 3.8) is 0 Å². The molecule has 0 bridgehead atoms. The average Bonchev–Trinajstić information content (AvgIpc) is 2.93. The van der Waals surface area contributed by atoms with Gasteiger partial charge in [-0.2, -0.15) is 0 Å². The predicted octanol–water partition coefficient (Wildman–Crippen LogP) is 3.32. The van der Waals surface area contributed by atoms with Gasteiger partial charge in [-0.3, -0.25) is 0 Å². The largest absolute Gasteiger partial charge is 0.374 e. The van der Waals surface area contributed by atoms with Gasteiger partial charge >= 0.3 is 0 Å². The lowest BCUT2D eigenvalue weighted by Crippen LogP contribution is -2.01. The second-order valence-corrected chi connectivity index (χ2v) is 5.22. The van der Waals surface area contributed by atoms with Crippen LogP contribution in [0.15, 0.2) is 59.1 Å². The molecule has 1 heterocycles. The second-order valence-electron chi connectivity index (χ2n) is 4.30. The van der Waals surface area contributed by atoms with Gasteiger partial charge < -0.3 is 5.11 Å². The van der Waals surface area contributed by atoms with Crippen LogP contribution in [0.3, 0.4) is 0 Å². The normalized spacial score (nSPS) is 10.7. The molecule has 0 fully saturated rings. The number of aromatic nitrogens is 3. The van der Waals surface area contributed by atoms with Crippen molar-refractivity contribution in [2.24, 2.45) is 0 Å². The van der Waals surface area contributed by atoms with Crippen LogP contribution in [0.4, 0.5) is 0 Å². The summed E-state index contributed by atoms with van der Waals surface area (Å²) in [6, 6.07) is 17.7. The maximum atomic E-state index is 9.44. The van der Waals surface area contributed by atoms with Gasteiger partial charge in [0, 0.05) is 15.6 Å². The summed E-state index contributed by atoms with van der Waals surface area (Å²) < 4.78 is 2.50. The zero-order chi connectivity index (χ0) is 13.9. The fraction of sp³-hybridized carbons (Fsp3) is 0.0667. The number of benzene rings is 2. The number of hydrogen-bond acceptors (Lipinski definition) is 3. The van der Waals surface area contributed by atoms with Crippen LogP contribution in [0.25, 0.3) is 22.5 Å². The number of hydrogen-bond donors (Lipinski definition) is 1. The molecule has 5 heteroatoms. The maximum absolute atomic E-state index is 9.44. The molecule has 0 spiro atoms. The first-order valence-corrected chi connectivity index (χ1v) is 6.94. The molecule has 1 aromatic heterocycles. The third-order valence-corrected chi connectivity index (χ3v) is 3.56. The minimum Gasteiger partial charge on any atom is -0.374 e. The quantitative estimate of drug-likeness (QED) is 0.801. The number of aliphatic hydroxyl groups excluding tert-OH is 1. The van der Waals surface area contributed by atoms with Gasteiger partial charge in [0.25, 0.3) is 0 Å². The van der Waals surface area contributed by atoms with Gasteiger partial charge in [0.05, 0.1) is 5.69 Å². The predicted molar refractivity (Wildman–Crippen MR) is 80.8 cm³/mol. The Bertz CT molecular complexity index is 708. The molecule has 0 aliphatic heterocycles. The van der Waals surface area contributed by atoms with Crippen LogP contribution in [0, 0.1) is 0 Å². The second kappa shape index (κ2) is 5.56. The van der Waals surface area contributed by atoms with Crippen molar-refractivity contribution in [2.45, 2.75) is 6.73 Å². The van der Waals surface area contributed by atoms with Gasteiger partial charge in [0.15, 0.2) is 0 Å². The Morgan fingerprint density at radius 3 is 2.30 bits per heavy atom. The third kappa shape index (κ3) is 2.37. The van der Waals surface area contributed by atoms with Gasteiger partial charge in [-0.25, -0.2) is 4.68 Å². The van der Waals surface area contributed by atoms with Crippen molar-refractivity contribution in [1.29, 1.82) is 0 Å². The molecule has 0 saturated carbocycles. The Labute approximate surface area is 124 Å². The van der Waals surface area contributed by atoms with Crippen LogP contribution in [0.1, 0.15) is 0 Å². The summed E-state index contributed by atoms with van der Waals surface area (Å²) in [6.45, 7) is -0.201. The van der Waals surface area contributed by atoms with Gasteiger partial charge in [0.1, 0.15) is 12.4 Å². The van der Waals surface area contributed by atoms with E-state index in [-0.39, 0.29) is 6.73 Å². The molecule has 0 amide bonds. The molecule has 0 radical (unpaired) electrons. The fourth-order valence-electron chi connectivity index (χ4n) is 2.10. The van der Waals surface area contributed by atoms with E-state index in [1.807, 2.05) is 54.6 Å². The Hall–Kier alpha value is -1.98. The van der Waals surface area contributed by atoms with E-state index in [0.29, 0.717) is 0 Å². The highest BCUT2D eigenvalue weighted by atomic mass is 79.9. The summed E-state index contributed by atoms with van der Waals surface area (Å²) in [5, 5.41) is 17.7. The average molecular weight is 330 g/mol. The Morgan fingerprint density at radius 1 is 0.950 bits per heavy atom. The van der Waals surface area contributed by atoms with Crippen molar-refractivity contribution >= 4 is 15.9 Å². The standard InChI is InChI=1S/C15H12BrN3O/c16-13-8-6-11(7-9-13)14-15(19(10-20)18-17-14)12-4-2-1-3-5-12/h1-9,20H,10H2. The van der Waals surface area contributed by atoms with Crippen molar-refractivity contribution < 1.29 is 5.11 Å². The van der Waals surface area contributed by atoms with E-state index < -0.39 is 0 Å². The summed E-state index contributed by atoms with van der Waals surface area (Å²) >= 11 is 3.42. The van der Waals surface area contributed by atoms with E-state index in [0.717, 1.165) is 27.0 Å². The van der Waals surface area contributed by atoms with E-state index in [2.05, 4.69) is 26.2 Å². The fourth-order valence-corrected chi connectivity index (χ4v) is 2.36. The Kier molecular flexibility index (Phi) is 3.62. The topological polar surface area (TPSA) is 50.9 Å². The highest BCUT2D eigenvalue weighted by Gasteiger charge is 2.15. The molecule has 0 saturated heterocycles. The highest BCUT2D eigenvalue weighted by molar-refractivity contribution is 9.10. The van der Waals surface area contributed by atoms with Crippen molar-refractivity contribution in [3.05, 3.63) is 59.1 Å². The number of halogens is 1. The first kappa shape index (κ1) is 13.0. The van der Waals surface area contributed by atoms with Crippen LogP contribution < -0.4 is 0 Å². The molecule has 100 valence electrons. The van der Waals surface area contributed by atoms with Gasteiger partial charge in [-0.05, 0) is 12.1 Å². The van der Waals surface area contributed by atoms with Crippen LogP contribution in [0.2, 0.25) is 0 Å². The summed E-state index contributed by atoms with van der Waals surface area (Å²) in [7, 11) is 0. The minimum atomic E-state index is -0.201. The van der Waals surface area contributed by atoms with Crippen LogP contribution >= 0.6 is 15.9 Å². The maximum Gasteiger partial charge on any atom is 0.138 e. The lowest BCUT2D eigenvalue weighted by Gasteiger charge is -2.06. The van der Waals surface area contributed by atoms with Gasteiger partial charge in [-0.1, -0.05) is 63.6 Å². The molecule has 0 unspecified atom stereocenters. The minimum absolute atomic E-state index is 0.201. The molecule has 3 rings (SSSR count). The molecule has 20 heavy (non-hydrogen) atoms. The van der Waals surface area contributed by atoms with Crippen molar-refractivity contribution in [2.75, 3.05) is 0 Å². The Morgan fingerprint density at radius 2 is 1.65 bits per heavy atom. The van der Waals surface area contributed by atoms with Gasteiger partial charge in [-0.15, -0.1) is 5.10 Å². The molecule has 3 aromatic rings. The van der Waals surface area contributed by atoms with Crippen LogP contribution in [-0.4, -0.2) is 20.1 Å². The number of rotatable bonds is 3.